The summed E-state index contributed by atoms with van der Waals surface area (Å²) in [5, 5.41) is 2.43. The number of anilines is 1. The number of nitrogens with one attached hydrogen (secondary N) is 2. The highest BCUT2D eigenvalue weighted by molar-refractivity contribution is 7.90. The molecule has 2 N–H and O–H groups in total. The van der Waals surface area contributed by atoms with Gasteiger partial charge in [0.15, 0.2) is 0 Å². The molecule has 2 heterocycles. The third-order valence-electron chi connectivity index (χ3n) is 4.05. The van der Waals surface area contributed by atoms with E-state index in [4.69, 9.17) is 0 Å². The summed E-state index contributed by atoms with van der Waals surface area (Å²) < 4.78 is 27.8. The summed E-state index contributed by atoms with van der Waals surface area (Å²) in [5.41, 5.74) is 0.254. The van der Waals surface area contributed by atoms with Crippen LogP contribution in [0, 0.1) is 6.92 Å². The van der Waals surface area contributed by atoms with Crippen LogP contribution in [0.15, 0.2) is 40.4 Å². The third kappa shape index (κ3) is 4.14. The van der Waals surface area contributed by atoms with E-state index in [2.05, 4.69) is 25.0 Å². The average Bonchev–Trinajstić information content (AvgIpc) is 2.67. The fourth-order valence-electron chi connectivity index (χ4n) is 2.52. The van der Waals surface area contributed by atoms with Gasteiger partial charge in [-0.25, -0.2) is 23.2 Å². The smallest absolute Gasteiger partial charge is 0.337 e. The average molecular weight is 416 g/mol. The quantitative estimate of drug-likeness (QED) is 0.474. The normalized spacial score (nSPS) is 11.3. The van der Waals surface area contributed by atoms with Crippen molar-refractivity contribution in [1.82, 2.24) is 15.0 Å². The summed E-state index contributed by atoms with van der Waals surface area (Å²) in [6.07, 6.45) is 2.15. The molecule has 1 amide bonds. The Kier molecular flexibility index (Phi) is 5.16. The van der Waals surface area contributed by atoms with Crippen LogP contribution in [0.2, 0.25) is 0 Å². The number of aromatic amines is 1. The maximum atomic E-state index is 12.6. The molecule has 1 aromatic carbocycles. The standard InChI is InChI=1S/C18H16N4O6S/c1-9-4-5-10(17(25)28-2)7-13(9)20-15(23)12-6-11-8-19-18(29(3,26)27)22-14(11)21-16(12)24/h4-8H,1-3H3,(H,20,23)(H,19,21,22,24). The van der Waals surface area contributed by atoms with Gasteiger partial charge in [0.1, 0.15) is 11.2 Å². The molecule has 29 heavy (non-hydrogen) atoms. The number of nitrogens with zero attached hydrogens (tertiary/aromatic N) is 2. The highest BCUT2D eigenvalue weighted by Gasteiger charge is 2.17. The van der Waals surface area contributed by atoms with Gasteiger partial charge >= 0.3 is 5.97 Å². The second-order valence-electron chi connectivity index (χ2n) is 6.22. The summed E-state index contributed by atoms with van der Waals surface area (Å²) in [6.45, 7) is 1.72. The number of benzene rings is 1. The Hall–Kier alpha value is -3.60. The molecule has 0 aliphatic heterocycles. The lowest BCUT2D eigenvalue weighted by Gasteiger charge is -2.10. The predicted octanol–water partition coefficient (Wildman–Crippen LogP) is 1.07. The number of fused-ring (bicyclic) bond motifs is 1. The van der Waals surface area contributed by atoms with E-state index in [0.29, 0.717) is 11.3 Å². The van der Waals surface area contributed by atoms with Crippen molar-refractivity contribution in [3.05, 3.63) is 57.5 Å². The van der Waals surface area contributed by atoms with Gasteiger partial charge < -0.3 is 15.0 Å². The van der Waals surface area contributed by atoms with Crippen LogP contribution in [0.3, 0.4) is 0 Å². The van der Waals surface area contributed by atoms with E-state index >= 15 is 0 Å². The van der Waals surface area contributed by atoms with Crippen molar-refractivity contribution in [1.29, 1.82) is 0 Å². The summed E-state index contributed by atoms with van der Waals surface area (Å²) in [6, 6.07) is 5.88. The first-order valence-electron chi connectivity index (χ1n) is 8.20. The summed E-state index contributed by atoms with van der Waals surface area (Å²) in [7, 11) is -2.41. The zero-order valence-corrected chi connectivity index (χ0v) is 16.5. The molecule has 2 aromatic heterocycles. The second-order valence-corrected chi connectivity index (χ2v) is 8.13. The molecule has 0 saturated carbocycles. The number of sulfone groups is 1. The van der Waals surface area contributed by atoms with Crippen molar-refractivity contribution < 1.29 is 22.7 Å². The van der Waals surface area contributed by atoms with Crippen LogP contribution in [0.25, 0.3) is 11.0 Å². The van der Waals surface area contributed by atoms with E-state index in [9.17, 15) is 22.8 Å². The number of hydrogen-bond acceptors (Lipinski definition) is 8. The van der Waals surface area contributed by atoms with E-state index in [1.165, 1.54) is 25.4 Å². The number of carbonyl (C=O) groups is 2. The highest BCUT2D eigenvalue weighted by Crippen LogP contribution is 2.19. The largest absolute Gasteiger partial charge is 0.465 e. The maximum Gasteiger partial charge on any atom is 0.337 e. The lowest BCUT2D eigenvalue weighted by atomic mass is 10.1. The third-order valence-corrected chi connectivity index (χ3v) is 4.91. The number of methoxy groups -OCH3 is 1. The molecule has 10 nitrogen and oxygen atoms in total. The van der Waals surface area contributed by atoms with Crippen LogP contribution < -0.4 is 10.9 Å². The minimum Gasteiger partial charge on any atom is -0.465 e. The Bertz CT molecular complexity index is 1310. The number of H-pyrrole nitrogens is 1. The number of hydrogen-bond donors (Lipinski definition) is 2. The minimum absolute atomic E-state index is 0.00848. The molecule has 0 radical (unpaired) electrons. The molecule has 0 unspecified atom stereocenters. The lowest BCUT2D eigenvalue weighted by molar-refractivity contribution is 0.0600. The van der Waals surface area contributed by atoms with Crippen molar-refractivity contribution in [3.63, 3.8) is 0 Å². The van der Waals surface area contributed by atoms with Crippen molar-refractivity contribution in [2.45, 2.75) is 12.1 Å². The Morgan fingerprint density at radius 3 is 2.59 bits per heavy atom. The Morgan fingerprint density at radius 1 is 1.21 bits per heavy atom. The first-order valence-corrected chi connectivity index (χ1v) is 10.1. The molecule has 0 fully saturated rings. The van der Waals surface area contributed by atoms with Crippen LogP contribution in [-0.4, -0.2) is 48.6 Å². The molecular weight excluding hydrogens is 400 g/mol. The van der Waals surface area contributed by atoms with Gasteiger partial charge in [-0.05, 0) is 30.7 Å². The molecule has 0 spiro atoms. The second kappa shape index (κ2) is 7.43. The van der Waals surface area contributed by atoms with Crippen LogP contribution in [0.1, 0.15) is 26.3 Å². The zero-order chi connectivity index (χ0) is 21.3. The SMILES string of the molecule is COC(=O)c1ccc(C)c(NC(=O)c2cc3cnc(S(C)(=O)=O)nc3[nH]c2=O)c1. The number of ether oxygens (including phenoxy) is 1. The minimum atomic E-state index is -3.65. The zero-order valence-electron chi connectivity index (χ0n) is 15.6. The van der Waals surface area contributed by atoms with Crippen LogP contribution in [-0.2, 0) is 14.6 Å². The van der Waals surface area contributed by atoms with Gasteiger partial charge in [0, 0.05) is 23.5 Å². The van der Waals surface area contributed by atoms with Gasteiger partial charge in [0.25, 0.3) is 11.5 Å². The van der Waals surface area contributed by atoms with E-state index < -0.39 is 32.4 Å². The van der Waals surface area contributed by atoms with Crippen LogP contribution in [0.4, 0.5) is 5.69 Å². The monoisotopic (exact) mass is 416 g/mol. The van der Waals surface area contributed by atoms with Gasteiger partial charge in [-0.2, -0.15) is 0 Å². The number of pyridine rings is 1. The molecule has 11 heteroatoms. The molecular formula is C18H16N4O6S. The Labute approximate surface area is 164 Å². The van der Waals surface area contributed by atoms with Crippen molar-refractivity contribution >= 4 is 38.4 Å². The topological polar surface area (TPSA) is 148 Å². The first kappa shape index (κ1) is 20.1. The van der Waals surface area contributed by atoms with E-state index in [1.54, 1.807) is 19.1 Å². The number of carbonyl (C=O) groups excluding carboxylic acids is 2. The van der Waals surface area contributed by atoms with Gasteiger partial charge in [-0.1, -0.05) is 6.07 Å². The van der Waals surface area contributed by atoms with Crippen LogP contribution >= 0.6 is 0 Å². The number of amides is 1. The van der Waals surface area contributed by atoms with Gasteiger partial charge in [-0.15, -0.1) is 0 Å². The van der Waals surface area contributed by atoms with Crippen molar-refractivity contribution in [3.8, 4) is 0 Å². The number of rotatable bonds is 4. The van der Waals surface area contributed by atoms with Gasteiger partial charge in [0.05, 0.1) is 12.7 Å². The van der Waals surface area contributed by atoms with Gasteiger partial charge in [0.2, 0.25) is 15.0 Å². The molecule has 0 aliphatic rings. The number of aryl methyl sites for hydroxylation is 1. The summed E-state index contributed by atoms with van der Waals surface area (Å²) >= 11 is 0. The fourth-order valence-corrected chi connectivity index (χ4v) is 3.02. The van der Waals surface area contributed by atoms with Crippen molar-refractivity contribution in [2.24, 2.45) is 0 Å². The highest BCUT2D eigenvalue weighted by atomic mass is 32.2. The molecule has 3 aromatic rings. The molecule has 0 saturated heterocycles. The molecule has 3 rings (SSSR count). The van der Waals surface area contributed by atoms with E-state index in [0.717, 1.165) is 6.26 Å². The Balaban J connectivity index is 1.99. The first-order chi connectivity index (χ1) is 13.6. The predicted molar refractivity (Wildman–Crippen MR) is 104 cm³/mol. The maximum absolute atomic E-state index is 12.6. The molecule has 0 bridgehead atoms. The molecule has 0 atom stereocenters. The molecule has 150 valence electrons. The van der Waals surface area contributed by atoms with E-state index in [1.807, 2.05) is 0 Å². The van der Waals surface area contributed by atoms with Crippen LogP contribution in [0.5, 0.6) is 0 Å². The molecule has 0 aliphatic carbocycles. The summed E-state index contributed by atoms with van der Waals surface area (Å²) in [4.78, 5) is 46.6. The lowest BCUT2D eigenvalue weighted by Crippen LogP contribution is -2.24. The van der Waals surface area contributed by atoms with E-state index in [-0.39, 0.29) is 22.2 Å². The summed E-state index contributed by atoms with van der Waals surface area (Å²) in [5.74, 6) is -1.28. The number of aromatic nitrogens is 3. The van der Waals surface area contributed by atoms with Gasteiger partial charge in [-0.3, -0.25) is 9.59 Å². The van der Waals surface area contributed by atoms with Crippen molar-refractivity contribution in [2.75, 3.05) is 18.7 Å². The fraction of sp³-hybridized carbons (Fsp3) is 0.167. The Morgan fingerprint density at radius 2 is 1.93 bits per heavy atom. The number of esters is 1.